The molecule has 3 rings (SSSR count). The van der Waals surface area contributed by atoms with Crippen LogP contribution in [0.15, 0.2) is 47.5 Å². The van der Waals surface area contributed by atoms with Crippen molar-refractivity contribution in [1.82, 2.24) is 0 Å². The van der Waals surface area contributed by atoms with Gasteiger partial charge in [0.2, 0.25) is 12.3 Å². The van der Waals surface area contributed by atoms with E-state index in [1.54, 1.807) is 24.3 Å². The number of carbonyl (C=O) groups excluding carboxylic acids is 1. The Bertz CT molecular complexity index is 908. The molecule has 0 amide bonds. The van der Waals surface area contributed by atoms with Crippen LogP contribution in [-0.2, 0) is 15.1 Å². The molecule has 2 aromatic rings. The number of nitrogen functional groups attached to an aromatic ring is 1. The van der Waals surface area contributed by atoms with Crippen LogP contribution in [0.4, 0.5) is 10.1 Å². The third kappa shape index (κ3) is 3.95. The summed E-state index contributed by atoms with van der Waals surface area (Å²) in [7, 11) is 0. The molecule has 6 nitrogen and oxygen atoms in total. The lowest BCUT2D eigenvalue weighted by atomic mass is 9.86. The maximum Gasteiger partial charge on any atom is 0.240 e. The number of hydrogen-bond acceptors (Lipinski definition) is 6. The van der Waals surface area contributed by atoms with Gasteiger partial charge in [0.25, 0.3) is 0 Å². The summed E-state index contributed by atoms with van der Waals surface area (Å²) in [4.78, 5) is 16.6. The summed E-state index contributed by atoms with van der Waals surface area (Å²) in [6.07, 6.45) is -0.186. The summed E-state index contributed by atoms with van der Waals surface area (Å²) in [5.74, 6) is -0.234. The van der Waals surface area contributed by atoms with Crippen LogP contribution in [0, 0.1) is 0 Å². The Morgan fingerprint density at radius 1 is 1.36 bits per heavy atom. The summed E-state index contributed by atoms with van der Waals surface area (Å²) in [5.41, 5.74) is 11.7. The quantitative estimate of drug-likeness (QED) is 0.408. The fourth-order valence-electron chi connectivity index (χ4n) is 3.21. The Labute approximate surface area is 167 Å². The van der Waals surface area contributed by atoms with Crippen molar-refractivity contribution in [1.29, 1.82) is 0 Å². The van der Waals surface area contributed by atoms with Crippen molar-refractivity contribution in [2.75, 3.05) is 5.73 Å². The number of alkyl halides is 1. The Kier molecular flexibility index (Phi) is 5.86. The molecule has 5 N–H and O–H groups in total. The van der Waals surface area contributed by atoms with Crippen LogP contribution in [-0.4, -0.2) is 23.6 Å². The van der Waals surface area contributed by atoms with Crippen LogP contribution in [0.25, 0.3) is 0 Å². The minimum atomic E-state index is -1.60. The highest BCUT2D eigenvalue weighted by molar-refractivity contribution is 6.31. The Hall–Kier alpha value is -2.64. The summed E-state index contributed by atoms with van der Waals surface area (Å²) in [6.45, 7) is 0. The lowest BCUT2D eigenvalue weighted by Crippen LogP contribution is -2.35. The van der Waals surface area contributed by atoms with Crippen molar-refractivity contribution < 1.29 is 19.0 Å². The molecule has 1 aliphatic rings. The molecule has 3 atom stereocenters. The van der Waals surface area contributed by atoms with Crippen LogP contribution in [0.3, 0.4) is 0 Å². The zero-order valence-electron chi connectivity index (χ0n) is 15.0. The largest absolute Gasteiger partial charge is 0.506 e. The molecule has 0 spiro atoms. The first-order valence-corrected chi connectivity index (χ1v) is 9.20. The van der Waals surface area contributed by atoms with E-state index in [-0.39, 0.29) is 30.2 Å². The van der Waals surface area contributed by atoms with Gasteiger partial charge in [0, 0.05) is 17.0 Å². The monoisotopic (exact) mass is 405 g/mol. The van der Waals surface area contributed by atoms with Gasteiger partial charge >= 0.3 is 0 Å². The SMILES string of the molecule is Nc1cc(C(N)C2=NC(C=O)(c3ccccc3Cl)CCCC(F)O2)ccc1O. The molecular formula is C20H21ClFN3O3. The average Bonchev–Trinajstić information content (AvgIpc) is 2.67. The maximum atomic E-state index is 14.2. The van der Waals surface area contributed by atoms with Crippen molar-refractivity contribution in [2.24, 2.45) is 10.7 Å². The van der Waals surface area contributed by atoms with E-state index in [4.69, 9.17) is 27.8 Å². The van der Waals surface area contributed by atoms with Gasteiger partial charge in [-0.15, -0.1) is 0 Å². The molecule has 1 aliphatic heterocycles. The molecular weight excluding hydrogens is 385 g/mol. The van der Waals surface area contributed by atoms with Crippen LogP contribution < -0.4 is 11.5 Å². The molecule has 0 fully saturated rings. The number of phenols is 1. The Balaban J connectivity index is 2.11. The van der Waals surface area contributed by atoms with E-state index in [1.807, 2.05) is 0 Å². The number of ether oxygens (including phenoxy) is 1. The number of rotatable bonds is 4. The lowest BCUT2D eigenvalue weighted by Gasteiger charge is -2.31. The van der Waals surface area contributed by atoms with Gasteiger partial charge in [0.05, 0.1) is 5.69 Å². The second-order valence-corrected chi connectivity index (χ2v) is 7.10. The predicted molar refractivity (Wildman–Crippen MR) is 106 cm³/mol. The molecule has 8 heteroatoms. The molecule has 148 valence electrons. The van der Waals surface area contributed by atoms with Crippen molar-refractivity contribution >= 4 is 29.5 Å². The average molecular weight is 406 g/mol. The van der Waals surface area contributed by atoms with Gasteiger partial charge in [-0.2, -0.15) is 0 Å². The van der Waals surface area contributed by atoms with E-state index in [0.717, 1.165) is 0 Å². The van der Waals surface area contributed by atoms with E-state index in [1.165, 1.54) is 18.2 Å². The first kappa shape index (κ1) is 20.1. The number of anilines is 1. The predicted octanol–water partition coefficient (Wildman–Crippen LogP) is 3.62. The summed E-state index contributed by atoms with van der Waals surface area (Å²) in [6, 6.07) is 10.2. The molecule has 0 bridgehead atoms. The summed E-state index contributed by atoms with van der Waals surface area (Å²) >= 11 is 6.31. The molecule has 0 saturated heterocycles. The number of aldehydes is 1. The van der Waals surface area contributed by atoms with Crippen LogP contribution in [0.5, 0.6) is 5.75 Å². The fourth-order valence-corrected chi connectivity index (χ4v) is 3.51. The zero-order chi connectivity index (χ0) is 20.3. The standard InChI is InChI=1S/C20H21ClFN3O3/c21-14-5-2-1-4-13(14)20(11-26)9-3-6-17(22)28-19(25-20)18(24)12-7-8-16(27)15(23)10-12/h1-2,4-5,7-8,10-11,17-18,27H,3,6,9,23-24H2. The minimum Gasteiger partial charge on any atom is -0.506 e. The van der Waals surface area contributed by atoms with Crippen LogP contribution >= 0.6 is 11.6 Å². The van der Waals surface area contributed by atoms with Crippen molar-refractivity contribution in [3.63, 3.8) is 0 Å². The molecule has 0 aromatic heterocycles. The first-order chi connectivity index (χ1) is 13.4. The van der Waals surface area contributed by atoms with Gasteiger partial charge in [-0.1, -0.05) is 35.9 Å². The highest BCUT2D eigenvalue weighted by atomic mass is 35.5. The van der Waals surface area contributed by atoms with Gasteiger partial charge in [-0.25, -0.2) is 9.38 Å². The molecule has 0 aliphatic carbocycles. The third-order valence-corrected chi connectivity index (χ3v) is 5.09. The van der Waals surface area contributed by atoms with E-state index >= 15 is 0 Å². The van der Waals surface area contributed by atoms with E-state index in [2.05, 4.69) is 4.99 Å². The molecule has 2 aromatic carbocycles. The number of carbonyl (C=O) groups is 1. The van der Waals surface area contributed by atoms with Gasteiger partial charge in [0.15, 0.2) is 6.29 Å². The number of nitrogens with zero attached hydrogens (tertiary/aromatic N) is 1. The van der Waals surface area contributed by atoms with Gasteiger partial charge in [0.1, 0.15) is 17.3 Å². The van der Waals surface area contributed by atoms with E-state index in [0.29, 0.717) is 28.9 Å². The number of phenolic OH excluding ortho intramolecular Hbond substituents is 1. The zero-order valence-corrected chi connectivity index (χ0v) is 15.8. The van der Waals surface area contributed by atoms with Crippen molar-refractivity contribution in [2.45, 2.75) is 37.2 Å². The van der Waals surface area contributed by atoms with E-state index in [9.17, 15) is 14.3 Å². The molecule has 0 radical (unpaired) electrons. The molecule has 3 unspecified atom stereocenters. The van der Waals surface area contributed by atoms with E-state index < -0.39 is 17.9 Å². The first-order valence-electron chi connectivity index (χ1n) is 8.82. The highest BCUT2D eigenvalue weighted by Crippen LogP contribution is 2.37. The number of nitrogens with two attached hydrogens (primary N) is 2. The van der Waals surface area contributed by atoms with Gasteiger partial charge in [-0.05, 0) is 36.6 Å². The third-order valence-electron chi connectivity index (χ3n) is 4.76. The summed E-state index contributed by atoms with van der Waals surface area (Å²) < 4.78 is 19.5. The number of halogens is 2. The fraction of sp³-hybridized carbons (Fsp3) is 0.300. The number of aromatic hydroxyl groups is 1. The highest BCUT2D eigenvalue weighted by Gasteiger charge is 2.37. The number of aliphatic imine (C=N–C) groups is 1. The topological polar surface area (TPSA) is 111 Å². The maximum absolute atomic E-state index is 14.2. The minimum absolute atomic E-state index is 0.0868. The van der Waals surface area contributed by atoms with Crippen molar-refractivity contribution in [3.05, 3.63) is 58.6 Å². The lowest BCUT2D eigenvalue weighted by molar-refractivity contribution is -0.113. The Morgan fingerprint density at radius 2 is 2.11 bits per heavy atom. The van der Waals surface area contributed by atoms with Crippen LogP contribution in [0.1, 0.15) is 36.4 Å². The second kappa shape index (κ2) is 8.16. The molecule has 0 saturated carbocycles. The van der Waals surface area contributed by atoms with Gasteiger partial charge < -0.3 is 26.1 Å². The van der Waals surface area contributed by atoms with Gasteiger partial charge in [-0.3, -0.25) is 0 Å². The smallest absolute Gasteiger partial charge is 0.240 e. The summed E-state index contributed by atoms with van der Waals surface area (Å²) in [5, 5.41) is 9.98. The normalized spacial score (nSPS) is 23.7. The number of hydrogen-bond donors (Lipinski definition) is 3. The van der Waals surface area contributed by atoms with Crippen molar-refractivity contribution in [3.8, 4) is 5.75 Å². The van der Waals surface area contributed by atoms with Crippen LogP contribution in [0.2, 0.25) is 5.02 Å². The second-order valence-electron chi connectivity index (χ2n) is 6.69. The Morgan fingerprint density at radius 3 is 2.79 bits per heavy atom. The molecule has 28 heavy (non-hydrogen) atoms. The number of benzene rings is 2. The molecule has 1 heterocycles.